The lowest BCUT2D eigenvalue weighted by Gasteiger charge is -2.36. The molecular formula is C32H44N3O3+. The van der Waals surface area contributed by atoms with Crippen LogP contribution in [0.2, 0.25) is 0 Å². The van der Waals surface area contributed by atoms with Crippen molar-refractivity contribution in [2.24, 2.45) is 11.3 Å². The Morgan fingerprint density at radius 3 is 2.42 bits per heavy atom. The van der Waals surface area contributed by atoms with Crippen molar-refractivity contribution in [2.75, 3.05) is 33.3 Å². The third kappa shape index (κ3) is 6.23. The van der Waals surface area contributed by atoms with E-state index in [1.54, 1.807) is 12.0 Å². The van der Waals surface area contributed by atoms with Gasteiger partial charge in [0.1, 0.15) is 5.75 Å². The molecule has 2 aromatic rings. The fourth-order valence-corrected chi connectivity index (χ4v) is 6.80. The van der Waals surface area contributed by atoms with Crippen molar-refractivity contribution < 1.29 is 19.2 Å². The molecule has 1 spiro atoms. The first-order valence-electron chi connectivity index (χ1n) is 14.7. The number of likely N-dealkylation sites (tertiary alicyclic amines) is 2. The van der Waals surface area contributed by atoms with Crippen molar-refractivity contribution in [3.8, 4) is 5.75 Å². The summed E-state index contributed by atoms with van der Waals surface area (Å²) in [6.45, 7) is 4.61. The number of ether oxygens (including phenoxy) is 1. The third-order valence-corrected chi connectivity index (χ3v) is 9.33. The summed E-state index contributed by atoms with van der Waals surface area (Å²) < 4.78 is 5.26. The molecular weight excluding hydrogens is 474 g/mol. The van der Waals surface area contributed by atoms with Crippen LogP contribution in [0.25, 0.3) is 0 Å². The average Bonchev–Trinajstić information content (AvgIpc) is 3.27. The highest BCUT2D eigenvalue weighted by molar-refractivity contribution is 5.85. The van der Waals surface area contributed by atoms with E-state index in [9.17, 15) is 9.59 Å². The van der Waals surface area contributed by atoms with Gasteiger partial charge in [0.2, 0.25) is 11.8 Å². The molecule has 2 N–H and O–H groups in total. The fraction of sp³-hybridized carbons (Fsp3) is 0.562. The van der Waals surface area contributed by atoms with Crippen LogP contribution < -0.4 is 15.0 Å². The van der Waals surface area contributed by atoms with Gasteiger partial charge in [-0.1, -0.05) is 61.7 Å². The molecule has 0 aromatic heterocycles. The molecule has 3 fully saturated rings. The van der Waals surface area contributed by atoms with Gasteiger partial charge in [-0.15, -0.1) is 0 Å². The third-order valence-electron chi connectivity index (χ3n) is 9.33. The minimum Gasteiger partial charge on any atom is -0.497 e. The van der Waals surface area contributed by atoms with Gasteiger partial charge in [0, 0.05) is 38.3 Å². The van der Waals surface area contributed by atoms with Crippen LogP contribution in [-0.4, -0.2) is 50.0 Å². The lowest BCUT2D eigenvalue weighted by molar-refractivity contribution is -0.907. The Bertz CT molecular complexity index is 1060. The molecule has 2 saturated heterocycles. The number of piperidine rings is 1. The average molecular weight is 519 g/mol. The Morgan fingerprint density at radius 2 is 1.74 bits per heavy atom. The maximum Gasteiger partial charge on any atom is 0.229 e. The van der Waals surface area contributed by atoms with Gasteiger partial charge < -0.3 is 19.9 Å². The van der Waals surface area contributed by atoms with Gasteiger partial charge in [-0.2, -0.15) is 0 Å². The van der Waals surface area contributed by atoms with Crippen LogP contribution >= 0.6 is 0 Å². The lowest BCUT2D eigenvalue weighted by Crippen LogP contribution is -3.13. The number of quaternary nitrogens is 1. The summed E-state index contributed by atoms with van der Waals surface area (Å²) in [5.74, 6) is 1.59. The van der Waals surface area contributed by atoms with Gasteiger partial charge in [0.15, 0.2) is 0 Å². The smallest absolute Gasteiger partial charge is 0.229 e. The molecule has 1 atom stereocenters. The molecule has 2 amide bonds. The van der Waals surface area contributed by atoms with Crippen LogP contribution in [0.3, 0.4) is 0 Å². The maximum absolute atomic E-state index is 13.5. The number of rotatable bonds is 9. The van der Waals surface area contributed by atoms with Crippen LogP contribution in [0.5, 0.6) is 5.75 Å². The normalized spacial score (nSPS) is 24.9. The number of amides is 2. The summed E-state index contributed by atoms with van der Waals surface area (Å²) >= 11 is 0. The molecule has 0 bridgehead atoms. The van der Waals surface area contributed by atoms with Crippen molar-refractivity contribution in [2.45, 2.75) is 70.4 Å². The summed E-state index contributed by atoms with van der Waals surface area (Å²) in [6.07, 6.45) is 9.48. The van der Waals surface area contributed by atoms with Crippen molar-refractivity contribution in [1.82, 2.24) is 10.2 Å². The maximum atomic E-state index is 13.5. The van der Waals surface area contributed by atoms with Crippen LogP contribution in [0, 0.1) is 11.3 Å². The number of hydrogen-bond donors (Lipinski definition) is 2. The molecule has 6 nitrogen and oxygen atoms in total. The van der Waals surface area contributed by atoms with Crippen LogP contribution in [0.1, 0.15) is 75.0 Å². The molecule has 2 heterocycles. The highest BCUT2D eigenvalue weighted by Gasteiger charge is 2.49. The Labute approximate surface area is 227 Å². The van der Waals surface area contributed by atoms with Crippen molar-refractivity contribution >= 4 is 11.8 Å². The second kappa shape index (κ2) is 12.3. The molecule has 3 aliphatic rings. The Kier molecular flexibility index (Phi) is 8.68. The second-order valence-electron chi connectivity index (χ2n) is 11.7. The van der Waals surface area contributed by atoms with Crippen molar-refractivity contribution in [1.29, 1.82) is 0 Å². The SMILES string of the molecule is COc1ccc(CN2CCC3(CC[NH+](CC[C@H](NC(=O)C4CCCCC4)c4ccccc4)CC3)C2=O)cc1. The highest BCUT2D eigenvalue weighted by Crippen LogP contribution is 2.39. The predicted octanol–water partition coefficient (Wildman–Crippen LogP) is 3.92. The summed E-state index contributed by atoms with van der Waals surface area (Å²) in [7, 11) is 1.67. The van der Waals surface area contributed by atoms with Crippen molar-refractivity contribution in [3.05, 3.63) is 65.7 Å². The largest absolute Gasteiger partial charge is 0.497 e. The fourth-order valence-electron chi connectivity index (χ4n) is 6.80. The Balaban J connectivity index is 1.14. The number of benzene rings is 2. The van der Waals surface area contributed by atoms with E-state index in [4.69, 9.17) is 4.74 Å². The van der Waals surface area contributed by atoms with E-state index in [0.29, 0.717) is 12.5 Å². The van der Waals surface area contributed by atoms with Gasteiger partial charge in [-0.3, -0.25) is 9.59 Å². The number of nitrogens with zero attached hydrogens (tertiary/aromatic N) is 1. The van der Waals surface area contributed by atoms with E-state index in [2.05, 4.69) is 46.6 Å². The van der Waals surface area contributed by atoms with Crippen LogP contribution in [-0.2, 0) is 16.1 Å². The highest BCUT2D eigenvalue weighted by atomic mass is 16.5. The number of carbonyl (C=O) groups excluding carboxylic acids is 2. The predicted molar refractivity (Wildman–Crippen MR) is 149 cm³/mol. The Hall–Kier alpha value is -2.86. The summed E-state index contributed by atoms with van der Waals surface area (Å²) in [4.78, 5) is 30.2. The lowest BCUT2D eigenvalue weighted by atomic mass is 9.77. The first-order valence-corrected chi connectivity index (χ1v) is 14.7. The molecule has 5 rings (SSSR count). The zero-order valence-electron chi connectivity index (χ0n) is 22.9. The molecule has 2 aromatic carbocycles. The first-order chi connectivity index (χ1) is 18.6. The molecule has 38 heavy (non-hydrogen) atoms. The minimum atomic E-state index is -0.177. The second-order valence-corrected chi connectivity index (χ2v) is 11.7. The van der Waals surface area contributed by atoms with Gasteiger partial charge >= 0.3 is 0 Å². The van der Waals surface area contributed by atoms with E-state index in [1.165, 1.54) is 24.8 Å². The van der Waals surface area contributed by atoms with Gasteiger partial charge in [-0.25, -0.2) is 0 Å². The van der Waals surface area contributed by atoms with Crippen molar-refractivity contribution in [3.63, 3.8) is 0 Å². The Morgan fingerprint density at radius 1 is 1.03 bits per heavy atom. The summed E-state index contributed by atoms with van der Waals surface area (Å²) in [6, 6.07) is 18.5. The van der Waals surface area contributed by atoms with Crippen LogP contribution in [0.15, 0.2) is 54.6 Å². The van der Waals surface area contributed by atoms with Gasteiger partial charge in [0.05, 0.1) is 38.2 Å². The van der Waals surface area contributed by atoms with E-state index in [-0.39, 0.29) is 23.3 Å². The molecule has 2 aliphatic heterocycles. The standard InChI is InChI=1S/C32H43N3O3/c1-38-28-14-12-25(13-15-28)24-35-23-19-32(31(35)37)17-21-34(22-18-32)20-16-29(26-8-4-2-5-9-26)33-30(36)27-10-6-3-7-11-27/h2,4-5,8-9,12-15,27,29H,3,6-7,10-11,16-24H2,1H3,(H,33,36)/p+1/t29-/m0/s1. The molecule has 1 saturated carbocycles. The number of hydrogen-bond acceptors (Lipinski definition) is 3. The first kappa shape index (κ1) is 26.7. The molecule has 0 radical (unpaired) electrons. The molecule has 204 valence electrons. The van der Waals surface area contributed by atoms with E-state index in [0.717, 1.165) is 76.0 Å². The quantitative estimate of drug-likeness (QED) is 0.529. The summed E-state index contributed by atoms with van der Waals surface area (Å²) in [5.41, 5.74) is 2.18. The monoisotopic (exact) mass is 518 g/mol. The topological polar surface area (TPSA) is 63.1 Å². The zero-order valence-corrected chi connectivity index (χ0v) is 22.9. The summed E-state index contributed by atoms with van der Waals surface area (Å²) in [5, 5.41) is 3.41. The number of carbonyl (C=O) groups is 2. The number of methoxy groups -OCH3 is 1. The molecule has 1 aliphatic carbocycles. The van der Waals surface area contributed by atoms with E-state index < -0.39 is 0 Å². The van der Waals surface area contributed by atoms with E-state index >= 15 is 0 Å². The molecule has 6 heteroatoms. The zero-order chi connectivity index (χ0) is 26.4. The van der Waals surface area contributed by atoms with Gasteiger partial charge in [-0.05, 0) is 42.5 Å². The van der Waals surface area contributed by atoms with Gasteiger partial charge in [0.25, 0.3) is 0 Å². The number of nitrogens with one attached hydrogen (secondary N) is 2. The van der Waals surface area contributed by atoms with E-state index in [1.807, 2.05) is 18.2 Å². The van der Waals surface area contributed by atoms with Crippen LogP contribution in [0.4, 0.5) is 0 Å². The minimum absolute atomic E-state index is 0.0575. The molecule has 0 unspecified atom stereocenters.